The number of carbonyl (C=O) groups is 2. The van der Waals surface area contributed by atoms with Crippen LogP contribution in [0.2, 0.25) is 0 Å². The highest BCUT2D eigenvalue weighted by atomic mass is 16.5. The molecule has 0 aromatic carbocycles. The van der Waals surface area contributed by atoms with Crippen LogP contribution in [0.1, 0.15) is 27.4 Å². The van der Waals surface area contributed by atoms with Gasteiger partial charge in [0.2, 0.25) is 0 Å². The molecule has 0 saturated carbocycles. The topological polar surface area (TPSA) is 95.3 Å². The largest absolute Gasteiger partial charge is 0.464 e. The lowest BCUT2D eigenvalue weighted by Crippen LogP contribution is -2.46. The Morgan fingerprint density at radius 2 is 1.97 bits per heavy atom. The van der Waals surface area contributed by atoms with Crippen LogP contribution in [0.15, 0.2) is 30.5 Å². The van der Waals surface area contributed by atoms with Crippen molar-refractivity contribution in [1.29, 1.82) is 0 Å². The minimum absolute atomic E-state index is 0.203. The number of hydrogen-bond donors (Lipinski definition) is 0. The standard InChI is InChI=1S/C23H26N4O5/c1-14-7-8-27-19(12-16-13-26(9-10-32-16)23(29)31-4)21(25-20(27)11-14)17-5-6-18(22(28)30-3)24-15(17)2/h5-8,11,16H,9-10,12-13H2,1-4H3/t16-/m0/s1. The molecule has 32 heavy (non-hydrogen) atoms. The monoisotopic (exact) mass is 438 g/mol. The maximum atomic E-state index is 12.0. The Bertz CT molecular complexity index is 1170. The van der Waals surface area contributed by atoms with Gasteiger partial charge in [0.1, 0.15) is 11.3 Å². The van der Waals surface area contributed by atoms with E-state index in [0.717, 1.165) is 28.2 Å². The SMILES string of the molecule is COC(=O)c1ccc(-c2nc3cc(C)ccn3c2C[C@H]2CN(C(=O)OC)CCO2)c(C)n1. The van der Waals surface area contributed by atoms with E-state index >= 15 is 0 Å². The van der Waals surface area contributed by atoms with E-state index in [2.05, 4.69) is 4.98 Å². The van der Waals surface area contributed by atoms with Crippen molar-refractivity contribution in [3.05, 3.63) is 53.1 Å². The lowest BCUT2D eigenvalue weighted by Gasteiger charge is -2.32. The summed E-state index contributed by atoms with van der Waals surface area (Å²) in [4.78, 5) is 34.8. The number of esters is 1. The molecule has 1 saturated heterocycles. The molecule has 0 aliphatic carbocycles. The number of ether oxygens (including phenoxy) is 3. The van der Waals surface area contributed by atoms with Crippen LogP contribution in [0.25, 0.3) is 16.9 Å². The number of imidazole rings is 1. The molecule has 1 fully saturated rings. The summed E-state index contributed by atoms with van der Waals surface area (Å²) >= 11 is 0. The third-order valence-corrected chi connectivity index (χ3v) is 5.61. The maximum Gasteiger partial charge on any atom is 0.409 e. The zero-order chi connectivity index (χ0) is 22.8. The van der Waals surface area contributed by atoms with Crippen LogP contribution in [0.5, 0.6) is 0 Å². The fraction of sp³-hybridized carbons (Fsp3) is 0.391. The Morgan fingerprint density at radius 3 is 2.69 bits per heavy atom. The van der Waals surface area contributed by atoms with Gasteiger partial charge in [0.15, 0.2) is 0 Å². The second-order valence-corrected chi connectivity index (χ2v) is 7.77. The van der Waals surface area contributed by atoms with Gasteiger partial charge in [-0.1, -0.05) is 0 Å². The zero-order valence-electron chi connectivity index (χ0n) is 18.6. The molecule has 1 aliphatic heterocycles. The molecule has 9 heteroatoms. The second-order valence-electron chi connectivity index (χ2n) is 7.77. The Hall–Kier alpha value is -3.46. The minimum atomic E-state index is -0.482. The fourth-order valence-corrected chi connectivity index (χ4v) is 3.99. The van der Waals surface area contributed by atoms with Crippen molar-refractivity contribution in [2.75, 3.05) is 33.9 Å². The summed E-state index contributed by atoms with van der Waals surface area (Å²) in [5, 5.41) is 0. The Kier molecular flexibility index (Phi) is 6.09. The lowest BCUT2D eigenvalue weighted by molar-refractivity contribution is -0.0241. The summed E-state index contributed by atoms with van der Waals surface area (Å²) < 4.78 is 17.7. The normalized spacial score (nSPS) is 16.2. The third-order valence-electron chi connectivity index (χ3n) is 5.61. The smallest absolute Gasteiger partial charge is 0.409 e. The van der Waals surface area contributed by atoms with E-state index < -0.39 is 5.97 Å². The van der Waals surface area contributed by atoms with Crippen molar-refractivity contribution < 1.29 is 23.8 Å². The van der Waals surface area contributed by atoms with Crippen molar-refractivity contribution in [3.8, 4) is 11.3 Å². The highest BCUT2D eigenvalue weighted by Gasteiger charge is 2.28. The van der Waals surface area contributed by atoms with E-state index in [-0.39, 0.29) is 17.9 Å². The molecule has 1 aliphatic rings. The van der Waals surface area contributed by atoms with Crippen molar-refractivity contribution in [1.82, 2.24) is 19.3 Å². The molecular formula is C23H26N4O5. The Morgan fingerprint density at radius 1 is 1.16 bits per heavy atom. The summed E-state index contributed by atoms with van der Waals surface area (Å²) in [7, 11) is 2.71. The molecule has 0 bridgehead atoms. The zero-order valence-corrected chi connectivity index (χ0v) is 18.6. The number of pyridine rings is 2. The molecule has 168 valence electrons. The van der Waals surface area contributed by atoms with E-state index in [1.54, 1.807) is 11.0 Å². The first-order chi connectivity index (χ1) is 15.4. The summed E-state index contributed by atoms with van der Waals surface area (Å²) in [5.41, 5.74) is 5.39. The van der Waals surface area contributed by atoms with Gasteiger partial charge in [-0.3, -0.25) is 0 Å². The lowest BCUT2D eigenvalue weighted by atomic mass is 10.0. The molecule has 9 nitrogen and oxygen atoms in total. The molecule has 0 spiro atoms. The van der Waals surface area contributed by atoms with Gasteiger partial charge >= 0.3 is 12.1 Å². The third kappa shape index (κ3) is 4.16. The van der Waals surface area contributed by atoms with Crippen LogP contribution >= 0.6 is 0 Å². The number of carbonyl (C=O) groups excluding carboxylic acids is 2. The quantitative estimate of drug-likeness (QED) is 0.578. The number of rotatable bonds is 4. The molecule has 0 radical (unpaired) electrons. The molecule has 1 atom stereocenters. The van der Waals surface area contributed by atoms with Crippen molar-refractivity contribution >= 4 is 17.7 Å². The van der Waals surface area contributed by atoms with E-state index in [0.29, 0.717) is 31.8 Å². The van der Waals surface area contributed by atoms with Gasteiger partial charge in [0.05, 0.1) is 44.9 Å². The molecular weight excluding hydrogens is 412 g/mol. The van der Waals surface area contributed by atoms with Gasteiger partial charge in [-0.05, 0) is 43.7 Å². The van der Waals surface area contributed by atoms with Crippen LogP contribution in [0, 0.1) is 13.8 Å². The number of aromatic nitrogens is 3. The highest BCUT2D eigenvalue weighted by molar-refractivity contribution is 5.88. The molecule has 0 N–H and O–H groups in total. The predicted octanol–water partition coefficient (Wildman–Crippen LogP) is 2.81. The summed E-state index contributed by atoms with van der Waals surface area (Å²) in [5.74, 6) is -0.482. The number of morpholine rings is 1. The van der Waals surface area contributed by atoms with Crippen molar-refractivity contribution in [2.45, 2.75) is 26.4 Å². The second kappa shape index (κ2) is 8.96. The molecule has 4 heterocycles. The van der Waals surface area contributed by atoms with E-state index in [4.69, 9.17) is 19.2 Å². The summed E-state index contributed by atoms with van der Waals surface area (Å²) in [6, 6.07) is 7.52. The van der Waals surface area contributed by atoms with E-state index in [9.17, 15) is 9.59 Å². The molecule has 4 rings (SSSR count). The van der Waals surface area contributed by atoms with Gasteiger partial charge < -0.3 is 23.5 Å². The summed E-state index contributed by atoms with van der Waals surface area (Å²) in [6.45, 7) is 5.24. The first-order valence-corrected chi connectivity index (χ1v) is 10.4. The maximum absolute atomic E-state index is 12.0. The van der Waals surface area contributed by atoms with Crippen LogP contribution in [-0.4, -0.2) is 71.4 Å². The number of aryl methyl sites for hydroxylation is 2. The van der Waals surface area contributed by atoms with Crippen LogP contribution in [-0.2, 0) is 20.6 Å². The number of amides is 1. The van der Waals surface area contributed by atoms with Gasteiger partial charge in [0.25, 0.3) is 0 Å². The van der Waals surface area contributed by atoms with Gasteiger partial charge in [0, 0.05) is 30.4 Å². The number of nitrogens with zero attached hydrogens (tertiary/aromatic N) is 4. The average molecular weight is 438 g/mol. The van der Waals surface area contributed by atoms with Crippen molar-refractivity contribution in [3.63, 3.8) is 0 Å². The number of hydrogen-bond acceptors (Lipinski definition) is 7. The van der Waals surface area contributed by atoms with Gasteiger partial charge in [-0.25, -0.2) is 19.6 Å². The van der Waals surface area contributed by atoms with E-state index in [1.807, 2.05) is 42.6 Å². The minimum Gasteiger partial charge on any atom is -0.464 e. The molecule has 3 aromatic rings. The van der Waals surface area contributed by atoms with Crippen LogP contribution < -0.4 is 0 Å². The van der Waals surface area contributed by atoms with E-state index in [1.165, 1.54) is 14.2 Å². The van der Waals surface area contributed by atoms with Gasteiger partial charge in [-0.2, -0.15) is 0 Å². The molecule has 3 aromatic heterocycles. The van der Waals surface area contributed by atoms with Gasteiger partial charge in [-0.15, -0.1) is 0 Å². The highest BCUT2D eigenvalue weighted by Crippen LogP contribution is 2.29. The number of methoxy groups -OCH3 is 2. The first kappa shape index (κ1) is 21.8. The fourth-order valence-electron chi connectivity index (χ4n) is 3.99. The number of fused-ring (bicyclic) bond motifs is 1. The Labute approximate surface area is 185 Å². The Balaban J connectivity index is 1.74. The van der Waals surface area contributed by atoms with Crippen LogP contribution in [0.4, 0.5) is 4.79 Å². The van der Waals surface area contributed by atoms with Crippen molar-refractivity contribution in [2.24, 2.45) is 0 Å². The van der Waals surface area contributed by atoms with Crippen LogP contribution in [0.3, 0.4) is 0 Å². The molecule has 0 unspecified atom stereocenters. The average Bonchev–Trinajstić information content (AvgIpc) is 3.14. The molecule has 1 amide bonds. The first-order valence-electron chi connectivity index (χ1n) is 10.4. The summed E-state index contributed by atoms with van der Waals surface area (Å²) in [6.07, 6.45) is 1.98. The predicted molar refractivity (Wildman–Crippen MR) is 117 cm³/mol.